The van der Waals surface area contributed by atoms with Gasteiger partial charge in [0.15, 0.2) is 0 Å². The maximum absolute atomic E-state index is 12.1. The molecule has 1 N–H and O–H groups in total. The molecule has 0 aliphatic carbocycles. The van der Waals surface area contributed by atoms with Crippen LogP contribution in [0.3, 0.4) is 0 Å². The number of hydrogen-bond acceptors (Lipinski definition) is 3. The third-order valence-electron chi connectivity index (χ3n) is 5.56. The Labute approximate surface area is 173 Å². The van der Waals surface area contributed by atoms with Crippen molar-refractivity contribution >= 4 is 10.0 Å². The molecule has 1 heterocycles. The number of hydrogen-bond donors (Lipinski definition) is 1. The summed E-state index contributed by atoms with van der Waals surface area (Å²) in [5, 5.41) is 0. The third kappa shape index (κ3) is 4.58. The van der Waals surface area contributed by atoms with E-state index in [2.05, 4.69) is 58.2 Å². The summed E-state index contributed by atoms with van der Waals surface area (Å²) in [6.07, 6.45) is 2.18. The van der Waals surface area contributed by atoms with Crippen LogP contribution in [0.4, 0.5) is 0 Å². The maximum Gasteiger partial charge on any atom is 0.209 e. The van der Waals surface area contributed by atoms with Crippen LogP contribution in [0, 0.1) is 0 Å². The molecule has 0 bridgehead atoms. The molecule has 2 atom stereocenters. The normalized spacial score (nSPS) is 18.3. The van der Waals surface area contributed by atoms with E-state index in [1.165, 1.54) is 17.4 Å². The van der Waals surface area contributed by atoms with Gasteiger partial charge in [-0.3, -0.25) is 4.90 Å². The second-order valence-electron chi connectivity index (χ2n) is 7.60. The number of sulfonamides is 1. The van der Waals surface area contributed by atoms with E-state index in [4.69, 9.17) is 0 Å². The number of nitrogens with one attached hydrogen (secondary N) is 1. The van der Waals surface area contributed by atoms with Gasteiger partial charge >= 0.3 is 0 Å². The highest BCUT2D eigenvalue weighted by Crippen LogP contribution is 2.40. The highest BCUT2D eigenvalue weighted by atomic mass is 32.2. The molecule has 3 aromatic rings. The first-order valence-corrected chi connectivity index (χ1v) is 11.8. The highest BCUT2D eigenvalue weighted by molar-refractivity contribution is 7.88. The van der Waals surface area contributed by atoms with E-state index >= 15 is 0 Å². The molecule has 0 amide bonds. The lowest BCUT2D eigenvalue weighted by Gasteiger charge is -2.50. The Balaban J connectivity index is 1.72. The first-order valence-electron chi connectivity index (χ1n) is 9.91. The molecule has 4 rings (SSSR count). The molecule has 0 radical (unpaired) electrons. The van der Waals surface area contributed by atoms with Gasteiger partial charge in [0.25, 0.3) is 0 Å². The molecule has 5 heteroatoms. The molecule has 29 heavy (non-hydrogen) atoms. The number of rotatable bonds is 7. The van der Waals surface area contributed by atoms with Crippen LogP contribution in [0.15, 0.2) is 91.0 Å². The Morgan fingerprint density at radius 2 is 1.24 bits per heavy atom. The molecule has 0 aromatic heterocycles. The Morgan fingerprint density at radius 3 is 1.62 bits per heavy atom. The minimum Gasteiger partial charge on any atom is -0.287 e. The van der Waals surface area contributed by atoms with E-state index in [1.807, 2.05) is 42.5 Å². The first kappa shape index (κ1) is 19.8. The first-order chi connectivity index (χ1) is 14.0. The van der Waals surface area contributed by atoms with Crippen molar-refractivity contribution in [2.45, 2.75) is 24.5 Å². The number of benzene rings is 3. The molecule has 0 spiro atoms. The number of nitrogens with zero attached hydrogens (tertiary/aromatic N) is 1. The smallest absolute Gasteiger partial charge is 0.209 e. The van der Waals surface area contributed by atoms with Crippen molar-refractivity contribution < 1.29 is 8.42 Å². The van der Waals surface area contributed by atoms with Crippen LogP contribution in [-0.4, -0.2) is 32.2 Å². The summed E-state index contributed by atoms with van der Waals surface area (Å²) < 4.78 is 27.2. The van der Waals surface area contributed by atoms with Crippen molar-refractivity contribution in [1.82, 2.24) is 9.62 Å². The average Bonchev–Trinajstić information content (AvgIpc) is 2.71. The second-order valence-corrected chi connectivity index (χ2v) is 9.38. The van der Waals surface area contributed by atoms with Crippen LogP contribution >= 0.6 is 0 Å². The molecule has 1 aliphatic rings. The molecule has 150 valence electrons. The zero-order chi connectivity index (χ0) is 20.3. The predicted octanol–water partition coefficient (Wildman–Crippen LogP) is 4.14. The van der Waals surface area contributed by atoms with Gasteiger partial charge in [0.05, 0.1) is 18.3 Å². The lowest BCUT2D eigenvalue weighted by atomic mass is 9.85. The highest BCUT2D eigenvalue weighted by Gasteiger charge is 2.41. The van der Waals surface area contributed by atoms with Crippen molar-refractivity contribution in [3.05, 3.63) is 108 Å². The summed E-state index contributed by atoms with van der Waals surface area (Å²) >= 11 is 0. The van der Waals surface area contributed by atoms with E-state index in [-0.39, 0.29) is 18.1 Å². The van der Waals surface area contributed by atoms with Crippen molar-refractivity contribution in [1.29, 1.82) is 0 Å². The molecular weight excluding hydrogens is 380 g/mol. The van der Waals surface area contributed by atoms with E-state index < -0.39 is 10.0 Å². The fourth-order valence-corrected chi connectivity index (χ4v) is 4.97. The van der Waals surface area contributed by atoms with E-state index in [9.17, 15) is 8.42 Å². The van der Waals surface area contributed by atoms with Crippen LogP contribution in [0.1, 0.15) is 35.2 Å². The van der Waals surface area contributed by atoms with Gasteiger partial charge in [-0.05, 0) is 23.1 Å². The lowest BCUT2D eigenvalue weighted by molar-refractivity contribution is 0.0354. The van der Waals surface area contributed by atoms with E-state index in [1.54, 1.807) is 0 Å². The van der Waals surface area contributed by atoms with Gasteiger partial charge in [0, 0.05) is 12.6 Å². The summed E-state index contributed by atoms with van der Waals surface area (Å²) in [6, 6.07) is 30.6. The summed E-state index contributed by atoms with van der Waals surface area (Å²) in [5.41, 5.74) is 3.43. The molecule has 1 aliphatic heterocycles. The lowest BCUT2D eigenvalue weighted by Crippen LogP contribution is -2.56. The van der Waals surface area contributed by atoms with Crippen LogP contribution in [0.2, 0.25) is 0 Å². The van der Waals surface area contributed by atoms with Gasteiger partial charge in [-0.15, -0.1) is 0 Å². The Kier molecular flexibility index (Phi) is 5.81. The molecule has 0 saturated carbocycles. The summed E-state index contributed by atoms with van der Waals surface area (Å²) in [4.78, 5) is 2.42. The van der Waals surface area contributed by atoms with Crippen LogP contribution in [0.25, 0.3) is 0 Å². The number of likely N-dealkylation sites (tertiary alicyclic amines) is 1. The van der Waals surface area contributed by atoms with E-state index in [0.717, 1.165) is 18.5 Å². The van der Waals surface area contributed by atoms with Crippen molar-refractivity contribution in [3.63, 3.8) is 0 Å². The second kappa shape index (κ2) is 8.49. The molecule has 1 saturated heterocycles. The van der Waals surface area contributed by atoms with Crippen LogP contribution < -0.4 is 4.72 Å². The van der Waals surface area contributed by atoms with Crippen LogP contribution in [0.5, 0.6) is 0 Å². The third-order valence-corrected chi connectivity index (χ3v) is 6.24. The minimum atomic E-state index is -3.35. The van der Waals surface area contributed by atoms with Crippen LogP contribution in [-0.2, 0) is 10.0 Å². The SMILES string of the molecule is CS(=O)(=O)NC(c1ccccc1)C1CCN1C(c1ccccc1)c1ccccc1. The Bertz CT molecular complexity index is 985. The van der Waals surface area contributed by atoms with Gasteiger partial charge in [-0.2, -0.15) is 0 Å². The molecule has 2 unspecified atom stereocenters. The van der Waals surface area contributed by atoms with Crippen molar-refractivity contribution in [3.8, 4) is 0 Å². The Hall–Kier alpha value is -2.47. The van der Waals surface area contributed by atoms with Crippen molar-refractivity contribution in [2.24, 2.45) is 0 Å². The fraction of sp³-hybridized carbons (Fsp3) is 0.250. The molecular formula is C24H26N2O2S. The zero-order valence-corrected chi connectivity index (χ0v) is 17.3. The predicted molar refractivity (Wildman–Crippen MR) is 117 cm³/mol. The summed E-state index contributed by atoms with van der Waals surface area (Å²) in [6.45, 7) is 0.925. The monoisotopic (exact) mass is 406 g/mol. The van der Waals surface area contributed by atoms with Crippen molar-refractivity contribution in [2.75, 3.05) is 12.8 Å². The standard InChI is InChI=1S/C24H26N2O2S/c1-29(27,28)25-23(19-11-5-2-6-12-19)22-17-18-26(22)24(20-13-7-3-8-14-20)21-15-9-4-10-16-21/h2-16,22-25H,17-18H2,1H3. The molecule has 4 nitrogen and oxygen atoms in total. The van der Waals surface area contributed by atoms with Gasteiger partial charge < -0.3 is 0 Å². The summed E-state index contributed by atoms with van der Waals surface area (Å²) in [7, 11) is -3.35. The fourth-order valence-electron chi connectivity index (χ4n) is 4.21. The topological polar surface area (TPSA) is 49.4 Å². The zero-order valence-electron chi connectivity index (χ0n) is 16.5. The maximum atomic E-state index is 12.1. The quantitative estimate of drug-likeness (QED) is 0.642. The van der Waals surface area contributed by atoms with Gasteiger partial charge in [-0.25, -0.2) is 13.1 Å². The average molecular weight is 407 g/mol. The summed E-state index contributed by atoms with van der Waals surface area (Å²) in [5.74, 6) is 0. The van der Waals surface area contributed by atoms with Gasteiger partial charge in [0.1, 0.15) is 0 Å². The largest absolute Gasteiger partial charge is 0.287 e. The van der Waals surface area contributed by atoms with Gasteiger partial charge in [-0.1, -0.05) is 91.0 Å². The minimum absolute atomic E-state index is 0.0811. The Morgan fingerprint density at radius 1 is 0.793 bits per heavy atom. The van der Waals surface area contributed by atoms with Gasteiger partial charge in [0.2, 0.25) is 10.0 Å². The van der Waals surface area contributed by atoms with E-state index in [0.29, 0.717) is 0 Å². The molecule has 1 fully saturated rings. The molecule has 3 aromatic carbocycles.